The number of hydrogen-bond acceptors (Lipinski definition) is 19. The second-order valence-electron chi connectivity index (χ2n) is 23.2. The summed E-state index contributed by atoms with van der Waals surface area (Å²) in [5.41, 5.74) is -3.46. The van der Waals surface area contributed by atoms with Gasteiger partial charge in [-0.1, -0.05) is 43.7 Å². The second-order valence-corrected chi connectivity index (χ2v) is 23.2. The lowest BCUT2D eigenvalue weighted by atomic mass is 9.43. The first-order chi connectivity index (χ1) is 35.6. The van der Waals surface area contributed by atoms with Crippen molar-refractivity contribution in [2.75, 3.05) is 28.4 Å². The van der Waals surface area contributed by atoms with E-state index in [2.05, 4.69) is 13.0 Å². The number of hydrogen-bond donors (Lipinski definition) is 4. The van der Waals surface area contributed by atoms with E-state index in [0.29, 0.717) is 56.9 Å². The highest BCUT2D eigenvalue weighted by atomic mass is 16.8. The summed E-state index contributed by atoms with van der Waals surface area (Å²) in [6, 6.07) is 8.76. The van der Waals surface area contributed by atoms with E-state index in [1.165, 1.54) is 14.0 Å². The van der Waals surface area contributed by atoms with Crippen LogP contribution < -0.4 is 0 Å². The van der Waals surface area contributed by atoms with E-state index in [0.717, 1.165) is 5.57 Å². The van der Waals surface area contributed by atoms with E-state index >= 15 is 0 Å². The van der Waals surface area contributed by atoms with Crippen LogP contribution in [0.5, 0.6) is 0 Å². The molecule has 75 heavy (non-hydrogen) atoms. The molecule has 19 heteroatoms. The van der Waals surface area contributed by atoms with Gasteiger partial charge in [-0.3, -0.25) is 4.79 Å². The molecule has 0 radical (unpaired) electrons. The van der Waals surface area contributed by atoms with Crippen LogP contribution in [0.25, 0.3) is 0 Å². The van der Waals surface area contributed by atoms with Gasteiger partial charge in [0, 0.05) is 65.0 Å². The van der Waals surface area contributed by atoms with Crippen molar-refractivity contribution in [2.45, 2.75) is 241 Å². The topological polar surface area (TPSA) is 235 Å². The lowest BCUT2D eigenvalue weighted by Crippen LogP contribution is -2.75. The molecule has 25 atom stereocenters. The summed E-state index contributed by atoms with van der Waals surface area (Å²) in [7, 11) is 6.27. The van der Waals surface area contributed by atoms with E-state index in [9.17, 15) is 30.0 Å². The maximum absolute atomic E-state index is 13.7. The normalized spacial score (nSPS) is 48.9. The highest BCUT2D eigenvalue weighted by molar-refractivity contribution is 5.89. The number of fused-ring (bicyclic) bond motifs is 5. The molecule has 8 aliphatic rings. The Morgan fingerprint density at radius 2 is 1.19 bits per heavy atom. The Morgan fingerprint density at radius 1 is 0.640 bits per heavy atom. The van der Waals surface area contributed by atoms with Crippen LogP contribution in [-0.4, -0.2) is 189 Å². The molecule has 422 valence electrons. The fourth-order valence-corrected chi connectivity index (χ4v) is 15.0. The number of esters is 1. The molecule has 0 aromatic heterocycles. The van der Waals surface area contributed by atoms with Crippen molar-refractivity contribution in [3.63, 3.8) is 0 Å². The van der Waals surface area contributed by atoms with Gasteiger partial charge in [0.25, 0.3) is 0 Å². The van der Waals surface area contributed by atoms with E-state index in [1.807, 2.05) is 33.8 Å². The number of ether oxygens (including phenoxy) is 13. The van der Waals surface area contributed by atoms with Crippen molar-refractivity contribution in [3.8, 4) is 0 Å². The summed E-state index contributed by atoms with van der Waals surface area (Å²) in [5, 5.41) is 47.3. The first-order valence-electron chi connectivity index (χ1n) is 27.3. The Morgan fingerprint density at radius 3 is 1.72 bits per heavy atom. The molecule has 4 heterocycles. The fraction of sp³-hybridized carbons (Fsp3) is 0.821. The van der Waals surface area contributed by atoms with E-state index < -0.39 is 150 Å². The Balaban J connectivity index is 0.804. The molecule has 4 N–H and O–H groups in total. The zero-order valence-electron chi connectivity index (χ0n) is 45.6. The summed E-state index contributed by atoms with van der Waals surface area (Å²) in [5.74, 6) is -1.65. The maximum atomic E-state index is 13.7. The number of ketones is 1. The Kier molecular flexibility index (Phi) is 17.2. The van der Waals surface area contributed by atoms with Gasteiger partial charge in [0.15, 0.2) is 25.2 Å². The van der Waals surface area contributed by atoms with Crippen LogP contribution in [0.1, 0.15) is 123 Å². The average Bonchev–Trinajstić information content (AvgIpc) is 3.87. The predicted octanol–water partition coefficient (Wildman–Crippen LogP) is 4.69. The van der Waals surface area contributed by atoms with Crippen LogP contribution in [0.4, 0.5) is 0 Å². The Bertz CT molecular complexity index is 2170. The van der Waals surface area contributed by atoms with Crippen molar-refractivity contribution in [2.24, 2.45) is 22.7 Å². The van der Waals surface area contributed by atoms with Crippen LogP contribution >= 0.6 is 0 Å². The van der Waals surface area contributed by atoms with E-state index in [1.54, 1.807) is 52.5 Å². The van der Waals surface area contributed by atoms with Crippen LogP contribution in [0.3, 0.4) is 0 Å². The summed E-state index contributed by atoms with van der Waals surface area (Å²) >= 11 is 0. The lowest BCUT2D eigenvalue weighted by Gasteiger charge is -2.66. The standard InChI is InChI=1S/C56H84O19/c1-28(57)36-19-22-56(62)54(36,7)41(72-51(60)33-15-13-12-14-16-33)27-40-53(6)20-18-35(23-34(53)17-21-55(40,56)61)71-42-24-37(63-8)47(30(3)67-42)73-43-25-38(64-9)48(31(4)68-43)74-44-26-39(65-10)49(32(5)69-44)75-52-46(59)50(66-11)45(58)29(2)70-52/h12-17,29-32,35-50,52,58-59,61-62H,18-27H2,1-11H3/t29-,30-,31-,32-,35+,36+,37-,38-,39-,40-,41-,42+,43+,44+,45+,46-,47-,48-,49-,50-,52+,53+,54+,55+,56-/m1/s1. The molecule has 9 rings (SSSR count). The van der Waals surface area contributed by atoms with Gasteiger partial charge < -0.3 is 82.0 Å². The SMILES string of the molecule is CO[C@@H]1[C@@H](O)[C@@H](C)O[C@@H](O[C@@H]2[C@@H](C)O[C@@H](O[C@@H]3[C@@H](C)O[C@@H](O[C@@H]4[C@@H](C)O[C@@H](O[C@H]5CC[C@@]6(C)C(=CC[C@]7(O)[C@@H]6C[C@@H](OC(=O)c6ccccc6)[C@]6(C)[C@H](C(C)=O)CC[C@@]67O)C5)C[C@H]4OC)C[C@H]3OC)C[C@H]2OC)[C@@H]1O. The summed E-state index contributed by atoms with van der Waals surface area (Å²) < 4.78 is 81.2. The molecule has 0 unspecified atom stereocenters. The van der Waals surface area contributed by atoms with Crippen LogP contribution in [0, 0.1) is 22.7 Å². The lowest BCUT2D eigenvalue weighted by molar-refractivity contribution is -0.355. The number of Topliss-reactive ketones (excluding diaryl/α,β-unsaturated/α-hetero) is 1. The molecule has 0 spiro atoms. The van der Waals surface area contributed by atoms with Crippen LogP contribution in [-0.2, 0) is 66.4 Å². The number of methoxy groups -OCH3 is 4. The zero-order chi connectivity index (χ0) is 53.9. The molecule has 0 bridgehead atoms. The number of aliphatic hydroxyl groups is 4. The third kappa shape index (κ3) is 10.2. The van der Waals surface area contributed by atoms with Crippen molar-refractivity contribution in [3.05, 3.63) is 47.5 Å². The fourth-order valence-electron chi connectivity index (χ4n) is 15.0. The molecule has 1 aromatic carbocycles. The molecule has 1 aromatic rings. The van der Waals surface area contributed by atoms with E-state index in [-0.39, 0.29) is 24.7 Å². The average molecular weight is 1060 g/mol. The molecule has 4 aliphatic heterocycles. The molecule has 3 saturated carbocycles. The van der Waals surface area contributed by atoms with Gasteiger partial charge in [0.05, 0.1) is 54.4 Å². The van der Waals surface area contributed by atoms with Crippen molar-refractivity contribution >= 4 is 11.8 Å². The maximum Gasteiger partial charge on any atom is 0.338 e. The molecule has 7 fully saturated rings. The van der Waals surface area contributed by atoms with Gasteiger partial charge in [-0.2, -0.15) is 0 Å². The smallest absolute Gasteiger partial charge is 0.338 e. The monoisotopic (exact) mass is 1060 g/mol. The van der Waals surface area contributed by atoms with Crippen LogP contribution in [0.2, 0.25) is 0 Å². The summed E-state index contributed by atoms with van der Waals surface area (Å²) in [6.45, 7) is 12.9. The first kappa shape index (κ1) is 57.2. The molecule has 4 saturated heterocycles. The Labute approximate surface area is 441 Å². The van der Waals surface area contributed by atoms with Gasteiger partial charge in [0.1, 0.15) is 59.7 Å². The Hall–Kier alpha value is -2.54. The van der Waals surface area contributed by atoms with Crippen molar-refractivity contribution in [1.82, 2.24) is 0 Å². The number of carbonyl (C=O) groups is 2. The minimum Gasteiger partial charge on any atom is -0.458 e. The number of rotatable bonds is 15. The number of carbonyl (C=O) groups excluding carboxylic acids is 2. The first-order valence-corrected chi connectivity index (χ1v) is 27.3. The third-order valence-electron chi connectivity index (χ3n) is 19.2. The number of aliphatic hydroxyl groups excluding tert-OH is 2. The minimum atomic E-state index is -1.68. The molecular formula is C56H84O19. The van der Waals surface area contributed by atoms with Gasteiger partial charge in [-0.25, -0.2) is 4.79 Å². The third-order valence-corrected chi connectivity index (χ3v) is 19.2. The zero-order valence-corrected chi connectivity index (χ0v) is 45.6. The minimum absolute atomic E-state index is 0.0872. The van der Waals surface area contributed by atoms with Gasteiger partial charge >= 0.3 is 5.97 Å². The van der Waals surface area contributed by atoms with Gasteiger partial charge in [-0.15, -0.1) is 0 Å². The predicted molar refractivity (Wildman–Crippen MR) is 266 cm³/mol. The molecular weight excluding hydrogens is 977 g/mol. The van der Waals surface area contributed by atoms with Crippen molar-refractivity contribution in [1.29, 1.82) is 0 Å². The molecule has 0 amide bonds. The highest BCUT2D eigenvalue weighted by Crippen LogP contribution is 2.70. The van der Waals surface area contributed by atoms with Crippen LogP contribution in [0.15, 0.2) is 42.0 Å². The van der Waals surface area contributed by atoms with E-state index in [4.69, 9.17) is 61.6 Å². The number of benzene rings is 1. The van der Waals surface area contributed by atoms with Gasteiger partial charge in [0.2, 0.25) is 0 Å². The quantitative estimate of drug-likeness (QED) is 0.138. The summed E-state index contributed by atoms with van der Waals surface area (Å²) in [6.07, 6.45) is -6.10. The summed E-state index contributed by atoms with van der Waals surface area (Å²) in [4.78, 5) is 27.0. The molecule has 4 aliphatic carbocycles. The second kappa shape index (κ2) is 22.5. The largest absolute Gasteiger partial charge is 0.458 e. The molecule has 19 nitrogen and oxygen atoms in total. The van der Waals surface area contributed by atoms with Crippen molar-refractivity contribution < 1.29 is 91.6 Å². The highest BCUT2D eigenvalue weighted by Gasteiger charge is 2.77. The van der Waals surface area contributed by atoms with Gasteiger partial charge in [-0.05, 0) is 97.1 Å².